The molecule has 16 heteroatoms. The first kappa shape index (κ1) is 53.5. The number of hydrogen-bond donors (Lipinski definition) is 1. The zero-order valence-electron chi connectivity index (χ0n) is 38.0. The maximum atomic E-state index is 11.3. The minimum Gasteiger partial charge on any atom is -0.478 e. The van der Waals surface area contributed by atoms with Gasteiger partial charge in [0, 0.05) is 86.4 Å². The lowest BCUT2D eigenvalue weighted by Crippen LogP contribution is -2.00. The van der Waals surface area contributed by atoms with Gasteiger partial charge in [-0.05, 0) is 107 Å². The van der Waals surface area contributed by atoms with Gasteiger partial charge in [-0.1, -0.05) is 52.2 Å². The number of esters is 2. The summed E-state index contributed by atoms with van der Waals surface area (Å²) in [7, 11) is 10.1. The zero-order valence-corrected chi connectivity index (χ0v) is 40.2. The maximum Gasteiger partial charge on any atom is 0.337 e. The number of nitrogens with zero attached hydrogens (tertiary/aromatic N) is 8. The molecule has 15 nitrogen and oxygen atoms in total. The molecule has 0 amide bonds. The van der Waals surface area contributed by atoms with Gasteiger partial charge in [0.25, 0.3) is 0 Å². The predicted octanol–water partition coefficient (Wildman–Crippen LogP) is 7.97. The third-order valence-electron chi connectivity index (χ3n) is 8.35. The number of carbonyl (C=O) groups excluding carboxylic acids is 3. The Bertz CT molecular complexity index is 2980. The van der Waals surface area contributed by atoms with Crippen molar-refractivity contribution in [1.29, 1.82) is 0 Å². The van der Waals surface area contributed by atoms with Gasteiger partial charge in [-0.3, -0.25) is 23.5 Å². The molecule has 344 valence electrons. The standard InChI is InChI=1S/C16H14N2O2.C15H12N2O2.C10H8O2.C6H7IN2.C5H6N2O/c1-18-12-14(11-17-18)6-4-3-5-13-7-9-15(10-8-13)16(19)20-2;1-17-11-13(10-16-17)5-3-2-4-12-6-8-14(9-7-12)15(18)19;1-3-8-4-6-9(7-5-8)10(11)12-2;1-9-5-6(2-3-7)4-8-9;1-7-3-5(4-8)2-6-7/h4,6-12H,1-2H3;3,5-11H,1H3,(H,18,19);1,4-7H,2H3;2-5H,1H3;2-4H,1H3/b6-4+;5-3+;;3-2+;. The fourth-order valence-corrected chi connectivity index (χ4v) is 5.42. The number of aldehydes is 1. The molecule has 7 aromatic rings. The van der Waals surface area contributed by atoms with Crippen LogP contribution in [0.1, 0.15) is 74.8 Å². The van der Waals surface area contributed by atoms with Crippen LogP contribution in [-0.2, 0) is 37.7 Å². The highest BCUT2D eigenvalue weighted by molar-refractivity contribution is 14.1. The van der Waals surface area contributed by atoms with E-state index in [0.717, 1.165) is 39.7 Å². The molecule has 0 aliphatic heterocycles. The van der Waals surface area contributed by atoms with E-state index in [1.54, 1.807) is 117 Å². The number of ether oxygens (including phenoxy) is 2. The van der Waals surface area contributed by atoms with Gasteiger partial charge in [0.05, 0.1) is 61.3 Å². The first-order valence-electron chi connectivity index (χ1n) is 20.0. The van der Waals surface area contributed by atoms with E-state index in [4.69, 9.17) is 11.5 Å². The molecule has 0 aliphatic carbocycles. The number of halogens is 1. The SMILES string of the molecule is C#Cc1ccc(C(=O)OC)cc1.COC(=O)c1ccc(C#C/C=C/c2cnn(C)c2)cc1.Cn1cc(/C=C/C#Cc2ccc(C(=O)O)cc2)cn1.Cn1cc(/C=C/I)cn1.Cn1cc(C=O)cn1. The normalized spacial score (nSPS) is 9.85. The van der Waals surface area contributed by atoms with Crippen LogP contribution >= 0.6 is 22.6 Å². The number of terminal acetylenes is 1. The summed E-state index contributed by atoms with van der Waals surface area (Å²) in [6.07, 6.45) is 29.5. The lowest BCUT2D eigenvalue weighted by Gasteiger charge is -1.97. The number of hydrogen-bond acceptors (Lipinski definition) is 10. The van der Waals surface area contributed by atoms with E-state index in [1.165, 1.54) is 32.5 Å². The Kier molecular flexibility index (Phi) is 23.3. The maximum absolute atomic E-state index is 11.3. The molecule has 0 fully saturated rings. The van der Waals surface area contributed by atoms with Gasteiger partial charge in [-0.2, -0.15) is 20.4 Å². The van der Waals surface area contributed by atoms with Crippen LogP contribution in [0.2, 0.25) is 0 Å². The van der Waals surface area contributed by atoms with Crippen molar-refractivity contribution in [2.75, 3.05) is 14.2 Å². The quantitative estimate of drug-likeness (QED) is 0.0709. The molecule has 0 radical (unpaired) electrons. The van der Waals surface area contributed by atoms with Crippen molar-refractivity contribution in [3.05, 3.63) is 194 Å². The Labute approximate surface area is 408 Å². The van der Waals surface area contributed by atoms with Crippen LogP contribution in [0.4, 0.5) is 0 Å². The Morgan fingerprint density at radius 3 is 1.18 bits per heavy atom. The first-order chi connectivity index (χ1) is 32.8. The summed E-state index contributed by atoms with van der Waals surface area (Å²) in [4.78, 5) is 42.8. The summed E-state index contributed by atoms with van der Waals surface area (Å²) < 4.78 is 17.9. The number of carbonyl (C=O) groups is 4. The number of aromatic nitrogens is 8. The average molecular weight is 1020 g/mol. The topological polar surface area (TPSA) is 178 Å². The molecular formula is C52H47IN8O7. The van der Waals surface area contributed by atoms with Crippen molar-refractivity contribution in [2.45, 2.75) is 0 Å². The minimum absolute atomic E-state index is 0.261. The van der Waals surface area contributed by atoms with Crippen molar-refractivity contribution >= 4 is 65.0 Å². The number of carboxylic acids is 1. The number of carboxylic acid groups (broad SMARTS) is 1. The monoisotopic (exact) mass is 1020 g/mol. The summed E-state index contributed by atoms with van der Waals surface area (Å²) in [6.45, 7) is 0. The van der Waals surface area contributed by atoms with E-state index in [-0.39, 0.29) is 17.5 Å². The average Bonchev–Trinajstić information content (AvgIpc) is 4.19. The second kappa shape index (κ2) is 29.6. The molecule has 4 heterocycles. The Hall–Kier alpha value is -8.79. The molecule has 0 aliphatic rings. The van der Waals surface area contributed by atoms with E-state index < -0.39 is 5.97 Å². The number of rotatable bonds is 7. The Morgan fingerprint density at radius 2 is 0.897 bits per heavy atom. The van der Waals surface area contributed by atoms with Crippen molar-refractivity contribution in [1.82, 2.24) is 39.1 Å². The molecule has 7 rings (SSSR count). The van der Waals surface area contributed by atoms with Gasteiger partial charge in [0.2, 0.25) is 0 Å². The van der Waals surface area contributed by atoms with Crippen LogP contribution in [0.3, 0.4) is 0 Å². The van der Waals surface area contributed by atoms with Gasteiger partial charge < -0.3 is 14.6 Å². The van der Waals surface area contributed by atoms with E-state index >= 15 is 0 Å². The van der Waals surface area contributed by atoms with E-state index in [1.807, 2.05) is 68.2 Å². The smallest absolute Gasteiger partial charge is 0.337 e. The van der Waals surface area contributed by atoms with Crippen LogP contribution in [0.25, 0.3) is 18.2 Å². The van der Waals surface area contributed by atoms with Gasteiger partial charge in [0.15, 0.2) is 6.29 Å². The number of benzene rings is 3. The van der Waals surface area contributed by atoms with E-state index in [0.29, 0.717) is 16.7 Å². The third-order valence-corrected chi connectivity index (χ3v) is 8.71. The molecule has 0 saturated carbocycles. The number of aromatic carboxylic acids is 1. The van der Waals surface area contributed by atoms with Crippen molar-refractivity contribution in [2.24, 2.45) is 28.2 Å². The molecule has 0 bridgehead atoms. The predicted molar refractivity (Wildman–Crippen MR) is 270 cm³/mol. The summed E-state index contributed by atoms with van der Waals surface area (Å²) in [5.41, 5.74) is 7.41. The second-order valence-corrected chi connectivity index (χ2v) is 14.3. The largest absolute Gasteiger partial charge is 0.478 e. The Morgan fingerprint density at radius 1 is 0.559 bits per heavy atom. The highest BCUT2D eigenvalue weighted by atomic mass is 127. The number of allylic oxidation sites excluding steroid dienone is 2. The van der Waals surface area contributed by atoms with Crippen LogP contribution in [0.5, 0.6) is 0 Å². The van der Waals surface area contributed by atoms with E-state index in [2.05, 4.69) is 82.1 Å². The van der Waals surface area contributed by atoms with E-state index in [9.17, 15) is 19.2 Å². The second-order valence-electron chi connectivity index (χ2n) is 13.6. The summed E-state index contributed by atoms with van der Waals surface area (Å²) in [5.74, 6) is 12.6. The first-order valence-corrected chi connectivity index (χ1v) is 21.2. The molecule has 0 atom stereocenters. The molecular weight excluding hydrogens is 976 g/mol. The van der Waals surface area contributed by atoms with Crippen molar-refractivity contribution in [3.63, 3.8) is 0 Å². The minimum atomic E-state index is -0.934. The van der Waals surface area contributed by atoms with Gasteiger partial charge in [-0.25, -0.2) is 14.4 Å². The number of methoxy groups -OCH3 is 2. The summed E-state index contributed by atoms with van der Waals surface area (Å²) >= 11 is 2.18. The van der Waals surface area contributed by atoms with Gasteiger partial charge in [0.1, 0.15) is 0 Å². The van der Waals surface area contributed by atoms with Gasteiger partial charge >= 0.3 is 17.9 Å². The molecule has 0 spiro atoms. The summed E-state index contributed by atoms with van der Waals surface area (Å²) in [5, 5.41) is 24.6. The highest BCUT2D eigenvalue weighted by Crippen LogP contribution is 2.07. The fourth-order valence-electron chi connectivity index (χ4n) is 5.00. The lowest BCUT2D eigenvalue weighted by atomic mass is 10.1. The molecule has 0 unspecified atom stereocenters. The van der Waals surface area contributed by atoms with Crippen LogP contribution in [-0.4, -0.2) is 82.6 Å². The molecule has 68 heavy (non-hydrogen) atoms. The third kappa shape index (κ3) is 20.4. The number of aryl methyl sites for hydroxylation is 4. The van der Waals surface area contributed by atoms with Crippen LogP contribution < -0.4 is 0 Å². The van der Waals surface area contributed by atoms with Crippen LogP contribution in [0, 0.1) is 36.0 Å². The van der Waals surface area contributed by atoms with Gasteiger partial charge in [-0.15, -0.1) is 6.42 Å². The highest BCUT2D eigenvalue weighted by Gasteiger charge is 2.04. The Balaban J connectivity index is 0.000000236. The summed E-state index contributed by atoms with van der Waals surface area (Å²) in [6, 6.07) is 20.1. The van der Waals surface area contributed by atoms with Crippen LogP contribution in [0.15, 0.2) is 139 Å². The lowest BCUT2D eigenvalue weighted by molar-refractivity contribution is 0.0592. The molecule has 1 N–H and O–H groups in total. The molecule has 3 aromatic carbocycles. The zero-order chi connectivity index (χ0) is 49.7. The molecule has 4 aromatic heterocycles. The van der Waals surface area contributed by atoms with Crippen molar-refractivity contribution < 1.29 is 33.8 Å². The van der Waals surface area contributed by atoms with Crippen molar-refractivity contribution in [3.8, 4) is 36.0 Å². The molecule has 0 saturated heterocycles. The fraction of sp³-hybridized carbons (Fsp3) is 0.115.